The molecule has 0 aliphatic carbocycles. The van der Waals surface area contributed by atoms with Gasteiger partial charge in [0.05, 0.1) is 11.2 Å². The molecule has 0 aromatic heterocycles. The lowest BCUT2D eigenvalue weighted by atomic mass is 9.76. The van der Waals surface area contributed by atoms with Crippen LogP contribution in [0.1, 0.15) is 56.0 Å². The summed E-state index contributed by atoms with van der Waals surface area (Å²) < 4.78 is 6.42. The van der Waals surface area contributed by atoms with Crippen LogP contribution in [0.2, 0.25) is 0 Å². The maximum atomic E-state index is 11.7. The third kappa shape index (κ3) is 3.98. The first-order valence-electron chi connectivity index (χ1n) is 9.23. The molecule has 0 spiro atoms. The molecule has 0 bridgehead atoms. The molecule has 3 N–H and O–H groups in total. The summed E-state index contributed by atoms with van der Waals surface area (Å²) in [5.74, 6) is 0.698. The molecule has 2 heterocycles. The van der Waals surface area contributed by atoms with E-state index >= 15 is 0 Å². The van der Waals surface area contributed by atoms with Crippen LogP contribution in [-0.2, 0) is 6.42 Å². The van der Waals surface area contributed by atoms with E-state index in [1.807, 2.05) is 26.0 Å². The Hall–Kier alpha value is -1.59. The van der Waals surface area contributed by atoms with Crippen LogP contribution in [0.15, 0.2) is 18.2 Å². The van der Waals surface area contributed by atoms with Crippen molar-refractivity contribution in [2.24, 2.45) is 11.7 Å². The van der Waals surface area contributed by atoms with E-state index < -0.39 is 11.5 Å². The van der Waals surface area contributed by atoms with Gasteiger partial charge in [-0.05, 0) is 71.2 Å². The summed E-state index contributed by atoms with van der Waals surface area (Å²) in [5.41, 5.74) is 6.17. The third-order valence-corrected chi connectivity index (χ3v) is 5.65. The Kier molecular flexibility index (Phi) is 4.82. The monoisotopic (exact) mass is 346 g/mol. The fourth-order valence-corrected chi connectivity index (χ4v) is 4.30. The molecule has 1 atom stereocenters. The van der Waals surface area contributed by atoms with Crippen LogP contribution in [0.25, 0.3) is 0 Å². The normalized spacial score (nSPS) is 25.3. The number of fused-ring (bicyclic) bond motifs is 1. The zero-order valence-corrected chi connectivity index (χ0v) is 15.5. The van der Waals surface area contributed by atoms with Gasteiger partial charge in [-0.25, -0.2) is 0 Å². The highest BCUT2D eigenvalue weighted by atomic mass is 16.5. The molecular formula is C20H30N2O3. The van der Waals surface area contributed by atoms with Crippen molar-refractivity contribution >= 4 is 5.91 Å². The van der Waals surface area contributed by atoms with Gasteiger partial charge in [-0.1, -0.05) is 12.1 Å². The predicted octanol–water partition coefficient (Wildman–Crippen LogP) is 2.35. The second kappa shape index (κ2) is 6.61. The fraction of sp³-hybridized carbons (Fsp3) is 0.650. The maximum absolute atomic E-state index is 11.7. The SMILES string of the molecule is CC(C)(O)CN1CCC(C2(C)CCc3cccc(C(N)=O)c3O2)CC1. The number of hydrogen-bond donors (Lipinski definition) is 2. The number of likely N-dealkylation sites (tertiary alicyclic amines) is 1. The summed E-state index contributed by atoms with van der Waals surface area (Å²) in [5, 5.41) is 10.0. The standard InChI is InChI=1S/C20H30N2O3/c1-19(2,24)13-22-11-8-15(9-12-22)20(3)10-7-14-5-4-6-16(18(21)23)17(14)25-20/h4-6,15,24H,7-13H2,1-3H3,(H2,21,23). The molecule has 2 aliphatic rings. The number of amides is 1. The minimum absolute atomic E-state index is 0.265. The van der Waals surface area contributed by atoms with Crippen LogP contribution in [0, 0.1) is 5.92 Å². The van der Waals surface area contributed by atoms with Crippen molar-refractivity contribution < 1.29 is 14.6 Å². The molecule has 0 radical (unpaired) electrons. The van der Waals surface area contributed by atoms with Crippen LogP contribution in [-0.4, -0.2) is 46.7 Å². The molecule has 0 saturated carbocycles. The van der Waals surface area contributed by atoms with E-state index in [4.69, 9.17) is 10.5 Å². The maximum Gasteiger partial charge on any atom is 0.252 e. The molecule has 1 amide bonds. The van der Waals surface area contributed by atoms with Crippen molar-refractivity contribution in [3.63, 3.8) is 0 Å². The molecule has 138 valence electrons. The number of piperidine rings is 1. The number of primary amides is 1. The number of aryl methyl sites for hydroxylation is 1. The van der Waals surface area contributed by atoms with Gasteiger partial charge in [0.2, 0.25) is 0 Å². The van der Waals surface area contributed by atoms with Crippen LogP contribution >= 0.6 is 0 Å². The Morgan fingerprint density at radius 3 is 2.68 bits per heavy atom. The number of aliphatic hydroxyl groups is 1. The number of nitrogens with zero attached hydrogens (tertiary/aromatic N) is 1. The van der Waals surface area contributed by atoms with Crippen molar-refractivity contribution in [1.29, 1.82) is 0 Å². The number of para-hydroxylation sites is 1. The van der Waals surface area contributed by atoms with Gasteiger partial charge in [0, 0.05) is 12.5 Å². The van der Waals surface area contributed by atoms with Gasteiger partial charge >= 0.3 is 0 Å². The summed E-state index contributed by atoms with van der Waals surface area (Å²) in [6.07, 6.45) is 3.95. The van der Waals surface area contributed by atoms with Crippen molar-refractivity contribution in [3.8, 4) is 5.75 Å². The van der Waals surface area contributed by atoms with Crippen molar-refractivity contribution in [2.45, 2.75) is 57.7 Å². The van der Waals surface area contributed by atoms with E-state index in [9.17, 15) is 9.90 Å². The lowest BCUT2D eigenvalue weighted by Gasteiger charge is -2.46. The summed E-state index contributed by atoms with van der Waals surface area (Å²) in [7, 11) is 0. The molecule has 1 unspecified atom stereocenters. The van der Waals surface area contributed by atoms with Gasteiger partial charge in [0.15, 0.2) is 0 Å². The van der Waals surface area contributed by atoms with Gasteiger partial charge in [-0.2, -0.15) is 0 Å². The first kappa shape index (κ1) is 18.2. The van der Waals surface area contributed by atoms with Crippen LogP contribution in [0.3, 0.4) is 0 Å². The highest BCUT2D eigenvalue weighted by Crippen LogP contribution is 2.42. The lowest BCUT2D eigenvalue weighted by Crippen LogP contribution is -2.50. The molecular weight excluding hydrogens is 316 g/mol. The Bertz CT molecular complexity index is 645. The summed E-state index contributed by atoms with van der Waals surface area (Å²) in [6, 6.07) is 5.65. The molecule has 1 aromatic rings. The molecule has 5 nitrogen and oxygen atoms in total. The average Bonchev–Trinajstić information content (AvgIpc) is 2.53. The molecule has 1 fully saturated rings. The quantitative estimate of drug-likeness (QED) is 0.877. The van der Waals surface area contributed by atoms with Gasteiger partial charge in [-0.3, -0.25) is 4.79 Å². The number of rotatable bonds is 4. The molecule has 5 heteroatoms. The van der Waals surface area contributed by atoms with Crippen molar-refractivity contribution in [3.05, 3.63) is 29.3 Å². The Morgan fingerprint density at radius 1 is 1.40 bits per heavy atom. The number of ether oxygens (including phenoxy) is 1. The lowest BCUT2D eigenvalue weighted by molar-refractivity contribution is -0.0343. The minimum atomic E-state index is -0.659. The van der Waals surface area contributed by atoms with Crippen LogP contribution in [0.4, 0.5) is 0 Å². The first-order valence-corrected chi connectivity index (χ1v) is 9.23. The summed E-state index contributed by atoms with van der Waals surface area (Å²) >= 11 is 0. The second-order valence-corrected chi connectivity index (χ2v) is 8.44. The zero-order chi connectivity index (χ0) is 18.2. The minimum Gasteiger partial charge on any atom is -0.486 e. The highest BCUT2D eigenvalue weighted by molar-refractivity contribution is 5.96. The van der Waals surface area contributed by atoms with E-state index in [-0.39, 0.29) is 5.60 Å². The van der Waals surface area contributed by atoms with E-state index in [0.717, 1.165) is 44.3 Å². The Morgan fingerprint density at radius 2 is 2.08 bits per heavy atom. The average molecular weight is 346 g/mol. The number of benzene rings is 1. The number of nitrogens with two attached hydrogens (primary N) is 1. The Labute approximate surface area is 150 Å². The van der Waals surface area contributed by atoms with Crippen molar-refractivity contribution in [1.82, 2.24) is 4.90 Å². The third-order valence-electron chi connectivity index (χ3n) is 5.65. The molecule has 25 heavy (non-hydrogen) atoms. The number of carbonyl (C=O) groups excluding carboxylic acids is 1. The molecule has 2 aliphatic heterocycles. The largest absolute Gasteiger partial charge is 0.486 e. The molecule has 3 rings (SSSR count). The topological polar surface area (TPSA) is 75.8 Å². The Balaban J connectivity index is 1.71. The smallest absolute Gasteiger partial charge is 0.252 e. The van der Waals surface area contributed by atoms with Gasteiger partial charge < -0.3 is 20.5 Å². The fourth-order valence-electron chi connectivity index (χ4n) is 4.30. The van der Waals surface area contributed by atoms with Gasteiger partial charge in [0.25, 0.3) is 5.91 Å². The first-order chi connectivity index (χ1) is 11.7. The number of carbonyl (C=O) groups is 1. The second-order valence-electron chi connectivity index (χ2n) is 8.44. The summed E-state index contributed by atoms with van der Waals surface area (Å²) in [4.78, 5) is 14.1. The number of β-amino-alcohol motifs (C(OH)–C–C–N with tert-alkyl or cyclic N) is 1. The zero-order valence-electron chi connectivity index (χ0n) is 15.5. The van der Waals surface area contributed by atoms with Crippen LogP contribution in [0.5, 0.6) is 5.75 Å². The van der Waals surface area contributed by atoms with Gasteiger partial charge in [-0.15, -0.1) is 0 Å². The molecule has 1 saturated heterocycles. The summed E-state index contributed by atoms with van der Waals surface area (Å²) in [6.45, 7) is 8.52. The number of hydrogen-bond acceptors (Lipinski definition) is 4. The van der Waals surface area contributed by atoms with Crippen LogP contribution < -0.4 is 10.5 Å². The van der Waals surface area contributed by atoms with E-state index in [1.54, 1.807) is 6.07 Å². The predicted molar refractivity (Wildman–Crippen MR) is 97.8 cm³/mol. The molecule has 1 aromatic carbocycles. The van der Waals surface area contributed by atoms with E-state index in [1.165, 1.54) is 0 Å². The van der Waals surface area contributed by atoms with Gasteiger partial charge in [0.1, 0.15) is 11.4 Å². The highest BCUT2D eigenvalue weighted by Gasteiger charge is 2.42. The van der Waals surface area contributed by atoms with E-state index in [0.29, 0.717) is 23.8 Å². The van der Waals surface area contributed by atoms with Crippen molar-refractivity contribution in [2.75, 3.05) is 19.6 Å². The van der Waals surface area contributed by atoms with E-state index in [2.05, 4.69) is 11.8 Å².